The minimum absolute atomic E-state index is 0.0204. The Bertz CT molecular complexity index is 1650. The molecular weight excluding hydrogens is 588 g/mol. The van der Waals surface area contributed by atoms with Gasteiger partial charge in [0.15, 0.2) is 11.6 Å². The van der Waals surface area contributed by atoms with Crippen LogP contribution in [-0.2, 0) is 6.11 Å². The number of halogens is 8. The van der Waals surface area contributed by atoms with Gasteiger partial charge >= 0.3 is 6.11 Å². The van der Waals surface area contributed by atoms with Crippen molar-refractivity contribution >= 4 is 0 Å². The van der Waals surface area contributed by atoms with Gasteiger partial charge in [0.05, 0.1) is 0 Å². The van der Waals surface area contributed by atoms with Gasteiger partial charge in [0.1, 0.15) is 34.6 Å². The number of rotatable bonds is 9. The van der Waals surface area contributed by atoms with Crippen LogP contribution in [0.2, 0.25) is 0 Å². The van der Waals surface area contributed by atoms with Gasteiger partial charge in [0.2, 0.25) is 0 Å². The zero-order chi connectivity index (χ0) is 31.6. The van der Waals surface area contributed by atoms with Gasteiger partial charge in [0, 0.05) is 17.2 Å². The van der Waals surface area contributed by atoms with E-state index in [0.29, 0.717) is 30.4 Å². The van der Waals surface area contributed by atoms with E-state index in [1.807, 2.05) is 6.08 Å². The quantitative estimate of drug-likeness (QED) is 0.134. The third kappa shape index (κ3) is 6.66. The Morgan fingerprint density at radius 3 is 1.80 bits per heavy atom. The Labute approximate surface area is 249 Å². The fraction of sp³-hybridized carbons (Fsp3) is 0.257. The van der Waals surface area contributed by atoms with Gasteiger partial charge in [-0.25, -0.2) is 26.3 Å². The summed E-state index contributed by atoms with van der Waals surface area (Å²) in [4.78, 5) is 0. The SMILES string of the molecule is C=CCCC1CCC(c2cc(F)c(C(F)(F)Oc3ccc(-c4ccc(-c5ccc(F)c(F)c5)c(F)c4)c(F)c3)c(F)c2)CC1. The maximum atomic E-state index is 15.0. The molecule has 9 heteroatoms. The van der Waals surface area contributed by atoms with E-state index in [2.05, 4.69) is 11.3 Å². The van der Waals surface area contributed by atoms with Crippen LogP contribution in [0.15, 0.2) is 79.4 Å². The highest BCUT2D eigenvalue weighted by atomic mass is 19.3. The standard InChI is InChI=1S/C35H28F8O/c1-2-3-4-20-5-7-21(8-6-20)24-17-32(40)34(33(41)18-24)35(42,43)44-25-11-13-27(30(38)19-25)22-9-12-26(29(37)15-22)23-10-14-28(36)31(39)16-23/h2,9-21H,1,3-8H2. The third-order valence-electron chi connectivity index (χ3n) is 8.15. The molecule has 0 spiro atoms. The van der Waals surface area contributed by atoms with E-state index in [1.54, 1.807) is 0 Å². The molecule has 0 radical (unpaired) electrons. The van der Waals surface area contributed by atoms with Crippen molar-refractivity contribution in [1.82, 2.24) is 0 Å². The van der Waals surface area contributed by atoms with Gasteiger partial charge in [-0.15, -0.1) is 6.58 Å². The molecule has 44 heavy (non-hydrogen) atoms. The Morgan fingerprint density at radius 1 is 0.659 bits per heavy atom. The summed E-state index contributed by atoms with van der Waals surface area (Å²) in [7, 11) is 0. The summed E-state index contributed by atoms with van der Waals surface area (Å²) in [6.07, 6.45) is 2.38. The normalized spacial score (nSPS) is 17.0. The first-order valence-corrected chi connectivity index (χ1v) is 14.2. The molecule has 1 aliphatic carbocycles. The third-order valence-corrected chi connectivity index (χ3v) is 8.15. The predicted molar refractivity (Wildman–Crippen MR) is 152 cm³/mol. The van der Waals surface area contributed by atoms with E-state index in [9.17, 15) is 26.3 Å². The van der Waals surface area contributed by atoms with Crippen LogP contribution in [0.3, 0.4) is 0 Å². The van der Waals surface area contributed by atoms with E-state index in [0.717, 1.165) is 68.1 Å². The Morgan fingerprint density at radius 2 is 1.23 bits per heavy atom. The number of ether oxygens (including phenoxy) is 1. The van der Waals surface area contributed by atoms with Crippen molar-refractivity contribution < 1.29 is 39.9 Å². The molecule has 4 aromatic rings. The average Bonchev–Trinajstić information content (AvgIpc) is 2.97. The lowest BCUT2D eigenvalue weighted by Crippen LogP contribution is -2.25. The molecule has 4 aromatic carbocycles. The maximum absolute atomic E-state index is 15.0. The number of alkyl halides is 2. The van der Waals surface area contributed by atoms with Crippen LogP contribution in [0.5, 0.6) is 5.75 Å². The van der Waals surface area contributed by atoms with Gasteiger partial charge in [-0.1, -0.05) is 24.3 Å². The summed E-state index contributed by atoms with van der Waals surface area (Å²) in [6.45, 7) is 3.72. The Kier molecular flexibility index (Phi) is 9.13. The van der Waals surface area contributed by atoms with Crippen molar-refractivity contribution in [2.75, 3.05) is 0 Å². The molecule has 230 valence electrons. The maximum Gasteiger partial charge on any atom is 0.432 e. The second kappa shape index (κ2) is 12.8. The minimum Gasteiger partial charge on any atom is -0.429 e. The fourth-order valence-electron chi connectivity index (χ4n) is 5.82. The lowest BCUT2D eigenvalue weighted by Gasteiger charge is -2.29. The smallest absolute Gasteiger partial charge is 0.429 e. The largest absolute Gasteiger partial charge is 0.432 e. The summed E-state index contributed by atoms with van der Waals surface area (Å²) in [6, 6.07) is 10.8. The van der Waals surface area contributed by atoms with E-state index in [-0.39, 0.29) is 28.2 Å². The number of hydrogen-bond acceptors (Lipinski definition) is 1. The van der Waals surface area contributed by atoms with Crippen molar-refractivity contribution in [2.45, 2.75) is 50.6 Å². The Hall–Kier alpha value is -4.14. The van der Waals surface area contributed by atoms with Gasteiger partial charge in [-0.3, -0.25) is 0 Å². The van der Waals surface area contributed by atoms with E-state index in [1.165, 1.54) is 18.2 Å². The molecule has 5 rings (SSSR count). The van der Waals surface area contributed by atoms with Crippen LogP contribution < -0.4 is 4.74 Å². The molecule has 0 aromatic heterocycles. The van der Waals surface area contributed by atoms with Crippen LogP contribution in [0.25, 0.3) is 22.3 Å². The lowest BCUT2D eigenvalue weighted by molar-refractivity contribution is -0.189. The van der Waals surface area contributed by atoms with E-state index in [4.69, 9.17) is 0 Å². The first-order valence-electron chi connectivity index (χ1n) is 14.2. The van der Waals surface area contributed by atoms with Gasteiger partial charge in [-0.2, -0.15) is 8.78 Å². The molecule has 0 atom stereocenters. The summed E-state index contributed by atoms with van der Waals surface area (Å²) in [5.41, 5.74) is -1.46. The fourth-order valence-corrected chi connectivity index (χ4v) is 5.82. The second-order valence-corrected chi connectivity index (χ2v) is 11.0. The highest BCUT2D eigenvalue weighted by Gasteiger charge is 2.41. The average molecular weight is 617 g/mol. The van der Waals surface area contributed by atoms with Crippen LogP contribution in [-0.4, -0.2) is 0 Å². The highest BCUT2D eigenvalue weighted by molar-refractivity contribution is 5.71. The molecule has 0 saturated heterocycles. The minimum atomic E-state index is -4.47. The molecule has 0 aliphatic heterocycles. The van der Waals surface area contributed by atoms with Crippen molar-refractivity contribution in [3.05, 3.63) is 125 Å². The summed E-state index contributed by atoms with van der Waals surface area (Å²) < 4.78 is 121. The summed E-state index contributed by atoms with van der Waals surface area (Å²) in [5.74, 6) is -7.51. The van der Waals surface area contributed by atoms with Crippen LogP contribution in [0.1, 0.15) is 55.6 Å². The van der Waals surface area contributed by atoms with Crippen LogP contribution >= 0.6 is 0 Å². The molecule has 0 bridgehead atoms. The van der Waals surface area contributed by atoms with Gasteiger partial charge < -0.3 is 4.74 Å². The number of allylic oxidation sites excluding steroid dienone is 1. The lowest BCUT2D eigenvalue weighted by atomic mass is 9.77. The molecule has 1 saturated carbocycles. The monoisotopic (exact) mass is 616 g/mol. The summed E-state index contributed by atoms with van der Waals surface area (Å²) in [5, 5.41) is 0. The molecule has 1 nitrogen and oxygen atoms in total. The van der Waals surface area contributed by atoms with Crippen LogP contribution in [0, 0.1) is 40.8 Å². The first kappa shape index (κ1) is 31.3. The molecule has 0 heterocycles. The highest BCUT2D eigenvalue weighted by Crippen LogP contribution is 2.41. The zero-order valence-corrected chi connectivity index (χ0v) is 23.5. The molecular formula is C35H28F8O. The van der Waals surface area contributed by atoms with Crippen molar-refractivity contribution in [1.29, 1.82) is 0 Å². The van der Waals surface area contributed by atoms with E-state index >= 15 is 8.78 Å². The summed E-state index contributed by atoms with van der Waals surface area (Å²) >= 11 is 0. The molecule has 0 amide bonds. The molecule has 1 fully saturated rings. The van der Waals surface area contributed by atoms with Crippen molar-refractivity contribution in [3.8, 4) is 28.0 Å². The Balaban J connectivity index is 1.32. The zero-order valence-electron chi connectivity index (χ0n) is 23.5. The molecule has 0 N–H and O–H groups in total. The van der Waals surface area contributed by atoms with Gasteiger partial charge in [-0.05, 0) is 110 Å². The first-order chi connectivity index (χ1) is 21.0. The van der Waals surface area contributed by atoms with E-state index < -0.39 is 52.3 Å². The predicted octanol–water partition coefficient (Wildman–Crippen LogP) is 11.2. The second-order valence-electron chi connectivity index (χ2n) is 11.0. The number of benzene rings is 4. The molecule has 0 unspecified atom stereocenters. The topological polar surface area (TPSA) is 9.23 Å². The van der Waals surface area contributed by atoms with Crippen molar-refractivity contribution in [2.24, 2.45) is 5.92 Å². The van der Waals surface area contributed by atoms with Crippen molar-refractivity contribution in [3.63, 3.8) is 0 Å². The van der Waals surface area contributed by atoms with Crippen LogP contribution in [0.4, 0.5) is 35.1 Å². The van der Waals surface area contributed by atoms with Gasteiger partial charge in [0.25, 0.3) is 0 Å². The number of hydrogen-bond donors (Lipinski definition) is 0. The molecule has 1 aliphatic rings.